The Morgan fingerprint density at radius 2 is 1.94 bits per heavy atom. The van der Waals surface area contributed by atoms with Gasteiger partial charge < -0.3 is 14.6 Å². The Morgan fingerprint density at radius 1 is 1.31 bits per heavy atom. The molecule has 1 saturated carbocycles. The van der Waals surface area contributed by atoms with Gasteiger partial charge in [-0.05, 0) is 6.92 Å². The lowest BCUT2D eigenvalue weighted by molar-refractivity contribution is -0.302. The fourth-order valence-corrected chi connectivity index (χ4v) is 3.14. The average Bonchev–Trinajstić information content (AvgIpc) is 2.71. The van der Waals surface area contributed by atoms with Crippen molar-refractivity contribution in [3.63, 3.8) is 0 Å². The summed E-state index contributed by atoms with van der Waals surface area (Å²) in [5, 5.41) is 10.4. The summed E-state index contributed by atoms with van der Waals surface area (Å²) in [7, 11) is 0. The maximum absolute atomic E-state index is 12.0. The maximum atomic E-state index is 12.0. The van der Waals surface area contributed by atoms with Crippen LogP contribution in [0.25, 0.3) is 0 Å². The van der Waals surface area contributed by atoms with Crippen LogP contribution in [0, 0.1) is 10.8 Å². The van der Waals surface area contributed by atoms with Gasteiger partial charge in [-0.25, -0.2) is 0 Å². The number of aliphatic hydroxyl groups is 1. The van der Waals surface area contributed by atoms with Crippen LogP contribution in [0.2, 0.25) is 0 Å². The van der Waals surface area contributed by atoms with E-state index >= 15 is 0 Å². The van der Waals surface area contributed by atoms with Crippen molar-refractivity contribution in [3.8, 4) is 0 Å². The minimum atomic E-state index is -1.02. The van der Waals surface area contributed by atoms with Crippen LogP contribution in [-0.2, 0) is 14.3 Å². The predicted octanol–water partition coefficient (Wildman–Crippen LogP) is 0.646. The van der Waals surface area contributed by atoms with Crippen molar-refractivity contribution >= 4 is 5.78 Å². The van der Waals surface area contributed by atoms with E-state index < -0.39 is 22.7 Å². The van der Waals surface area contributed by atoms with Crippen LogP contribution in [0.3, 0.4) is 0 Å². The summed E-state index contributed by atoms with van der Waals surface area (Å²) in [6.07, 6.45) is 3.22. The van der Waals surface area contributed by atoms with Crippen LogP contribution in [0.15, 0.2) is 12.2 Å². The molecule has 4 nitrogen and oxygen atoms in total. The second kappa shape index (κ2) is 2.75. The van der Waals surface area contributed by atoms with Crippen molar-refractivity contribution in [2.75, 3.05) is 13.2 Å². The van der Waals surface area contributed by atoms with Crippen LogP contribution >= 0.6 is 0 Å². The quantitative estimate of drug-likeness (QED) is 0.614. The van der Waals surface area contributed by atoms with Gasteiger partial charge in [0, 0.05) is 11.8 Å². The van der Waals surface area contributed by atoms with Gasteiger partial charge in [0.05, 0.1) is 18.6 Å². The third-order valence-corrected chi connectivity index (χ3v) is 4.37. The molecule has 0 radical (unpaired) electrons. The third kappa shape index (κ3) is 0.898. The van der Waals surface area contributed by atoms with E-state index in [1.165, 1.54) is 0 Å². The fraction of sp³-hybridized carbons (Fsp3) is 0.750. The molecule has 1 N–H and O–H groups in total. The molecule has 1 spiro atoms. The standard InChI is InChI=1S/C12H16O4/c1-10-3-4-11(2,8(13)7-10)9(14)12(10)15-5-6-16-12/h3-4,9,14H,5-7H2,1-2H3/t9-,10?,11?/m0/s1. The number of carbonyl (C=O) groups is 1. The van der Waals surface area contributed by atoms with Gasteiger partial charge in [0.15, 0.2) is 0 Å². The topological polar surface area (TPSA) is 55.8 Å². The number of ether oxygens (including phenoxy) is 2. The molecule has 0 aromatic carbocycles. The van der Waals surface area contributed by atoms with Gasteiger partial charge in [-0.1, -0.05) is 19.1 Å². The predicted molar refractivity (Wildman–Crippen MR) is 55.6 cm³/mol. The minimum Gasteiger partial charge on any atom is -0.386 e. The van der Waals surface area contributed by atoms with E-state index in [2.05, 4.69) is 0 Å². The number of ketones is 1. The first-order chi connectivity index (χ1) is 7.45. The third-order valence-electron chi connectivity index (χ3n) is 4.37. The van der Waals surface area contributed by atoms with E-state index in [-0.39, 0.29) is 5.78 Å². The summed E-state index contributed by atoms with van der Waals surface area (Å²) < 4.78 is 11.3. The van der Waals surface area contributed by atoms with Crippen LogP contribution in [0.5, 0.6) is 0 Å². The van der Waals surface area contributed by atoms with E-state index in [1.807, 2.05) is 13.0 Å². The first kappa shape index (κ1) is 10.4. The molecule has 2 fully saturated rings. The van der Waals surface area contributed by atoms with E-state index in [1.54, 1.807) is 13.0 Å². The van der Waals surface area contributed by atoms with Crippen molar-refractivity contribution in [3.05, 3.63) is 12.2 Å². The zero-order chi connectivity index (χ0) is 11.6. The molecule has 1 saturated heterocycles. The summed E-state index contributed by atoms with van der Waals surface area (Å²) in [6.45, 7) is 4.62. The van der Waals surface area contributed by atoms with Gasteiger partial charge >= 0.3 is 0 Å². The highest BCUT2D eigenvalue weighted by molar-refractivity contribution is 5.91. The summed E-state index contributed by atoms with van der Waals surface area (Å²) in [6, 6.07) is 0. The number of rotatable bonds is 0. The number of fused-ring (bicyclic) bond motifs is 1. The normalized spacial score (nSPS) is 49.2. The van der Waals surface area contributed by atoms with Crippen molar-refractivity contribution in [1.82, 2.24) is 0 Å². The molecule has 88 valence electrons. The first-order valence-electron chi connectivity index (χ1n) is 5.64. The fourth-order valence-electron chi connectivity index (χ4n) is 3.14. The van der Waals surface area contributed by atoms with Crippen molar-refractivity contribution in [2.24, 2.45) is 10.8 Å². The number of hydrogen-bond donors (Lipinski definition) is 1. The number of carbonyl (C=O) groups excluding carboxylic acids is 1. The Kier molecular flexibility index (Phi) is 1.80. The summed E-state index contributed by atoms with van der Waals surface area (Å²) in [4.78, 5) is 12.0. The first-order valence-corrected chi connectivity index (χ1v) is 5.64. The minimum absolute atomic E-state index is 0.0646. The lowest BCUT2D eigenvalue weighted by Crippen LogP contribution is -2.69. The van der Waals surface area contributed by atoms with Gasteiger partial charge in [0.25, 0.3) is 0 Å². The second-order valence-electron chi connectivity index (χ2n) is 5.40. The molecule has 2 unspecified atom stereocenters. The molecule has 2 bridgehead atoms. The Hall–Kier alpha value is -0.710. The molecule has 3 aliphatic carbocycles. The van der Waals surface area contributed by atoms with E-state index in [0.29, 0.717) is 19.6 Å². The van der Waals surface area contributed by atoms with E-state index in [0.717, 1.165) is 0 Å². The highest BCUT2D eigenvalue weighted by atomic mass is 16.7. The van der Waals surface area contributed by atoms with Gasteiger partial charge in [-0.3, -0.25) is 4.79 Å². The second-order valence-corrected chi connectivity index (χ2v) is 5.40. The Bertz CT molecular complexity index is 382. The zero-order valence-corrected chi connectivity index (χ0v) is 9.53. The van der Waals surface area contributed by atoms with Crippen LogP contribution in [0.4, 0.5) is 0 Å². The molecular weight excluding hydrogens is 208 g/mol. The monoisotopic (exact) mass is 224 g/mol. The Morgan fingerprint density at radius 3 is 2.50 bits per heavy atom. The molecule has 0 aromatic rings. The molecule has 4 rings (SSSR count). The summed E-state index contributed by atoms with van der Waals surface area (Å²) in [5.74, 6) is -0.959. The van der Waals surface area contributed by atoms with Crippen LogP contribution < -0.4 is 0 Å². The molecular formula is C12H16O4. The molecule has 4 heteroatoms. The van der Waals surface area contributed by atoms with Gasteiger partial charge in [-0.15, -0.1) is 0 Å². The molecule has 4 aliphatic rings. The maximum Gasteiger partial charge on any atom is 0.205 e. The number of hydrogen-bond acceptors (Lipinski definition) is 4. The largest absolute Gasteiger partial charge is 0.386 e. The van der Waals surface area contributed by atoms with Gasteiger partial charge in [0.1, 0.15) is 11.9 Å². The van der Waals surface area contributed by atoms with Crippen molar-refractivity contribution in [2.45, 2.75) is 32.2 Å². The lowest BCUT2D eigenvalue weighted by Gasteiger charge is -2.57. The van der Waals surface area contributed by atoms with Gasteiger partial charge in [-0.2, -0.15) is 0 Å². The average molecular weight is 224 g/mol. The number of Topliss-reactive ketones (excluding diaryl/α,β-unsaturated/α-hetero) is 1. The molecule has 0 aromatic heterocycles. The molecule has 16 heavy (non-hydrogen) atoms. The Balaban J connectivity index is 2.18. The molecule has 0 amide bonds. The van der Waals surface area contributed by atoms with Crippen LogP contribution in [0.1, 0.15) is 20.3 Å². The zero-order valence-electron chi connectivity index (χ0n) is 9.53. The van der Waals surface area contributed by atoms with E-state index in [9.17, 15) is 9.90 Å². The molecule has 3 atom stereocenters. The van der Waals surface area contributed by atoms with Crippen molar-refractivity contribution in [1.29, 1.82) is 0 Å². The highest BCUT2D eigenvalue weighted by Gasteiger charge is 2.69. The Labute approximate surface area is 94.2 Å². The van der Waals surface area contributed by atoms with E-state index in [4.69, 9.17) is 9.47 Å². The van der Waals surface area contributed by atoms with Crippen molar-refractivity contribution < 1.29 is 19.4 Å². The summed E-state index contributed by atoms with van der Waals surface area (Å²) in [5.41, 5.74) is -1.40. The molecule has 1 aliphatic heterocycles. The SMILES string of the molecule is CC12C=CC(C)(CC1=O)C1(OCCO1)[C@H]2O. The lowest BCUT2D eigenvalue weighted by atomic mass is 9.54. The smallest absolute Gasteiger partial charge is 0.205 e. The highest BCUT2D eigenvalue weighted by Crippen LogP contribution is 2.58. The molecule has 1 heterocycles. The van der Waals surface area contributed by atoms with Crippen LogP contribution in [-0.4, -0.2) is 36.0 Å². The number of aliphatic hydroxyl groups excluding tert-OH is 1. The summed E-state index contributed by atoms with van der Waals surface area (Å²) >= 11 is 0. The van der Waals surface area contributed by atoms with Gasteiger partial charge in [0.2, 0.25) is 5.79 Å².